The summed E-state index contributed by atoms with van der Waals surface area (Å²) in [6.45, 7) is 3.91. The van der Waals surface area contributed by atoms with Crippen LogP contribution < -0.4 is 11.1 Å². The summed E-state index contributed by atoms with van der Waals surface area (Å²) in [7, 11) is 1.59. The van der Waals surface area contributed by atoms with E-state index in [1.165, 1.54) is 0 Å². The van der Waals surface area contributed by atoms with Gasteiger partial charge in [0.25, 0.3) is 5.91 Å². The van der Waals surface area contributed by atoms with E-state index in [9.17, 15) is 4.79 Å². The molecule has 0 saturated heterocycles. The highest BCUT2D eigenvalue weighted by Crippen LogP contribution is 2.29. The molecule has 1 rings (SSSR count). The van der Waals surface area contributed by atoms with Gasteiger partial charge < -0.3 is 11.1 Å². The van der Waals surface area contributed by atoms with E-state index in [2.05, 4.69) is 21.2 Å². The van der Waals surface area contributed by atoms with Crippen molar-refractivity contribution < 1.29 is 4.79 Å². The van der Waals surface area contributed by atoms with E-state index >= 15 is 0 Å². The van der Waals surface area contributed by atoms with Crippen molar-refractivity contribution in [3.05, 3.63) is 27.2 Å². The highest BCUT2D eigenvalue weighted by molar-refractivity contribution is 9.10. The van der Waals surface area contributed by atoms with E-state index in [4.69, 9.17) is 5.73 Å². The third-order valence-corrected chi connectivity index (χ3v) is 3.30. The number of halogens is 1. The Kier molecular flexibility index (Phi) is 3.16. The van der Waals surface area contributed by atoms with Gasteiger partial charge in [-0.2, -0.15) is 0 Å². The highest BCUT2D eigenvalue weighted by atomic mass is 79.9. The Morgan fingerprint density at radius 2 is 2.07 bits per heavy atom. The van der Waals surface area contributed by atoms with Crippen LogP contribution in [-0.2, 0) is 0 Å². The standard InChI is InChI=1S/C10H13BrN2O/c1-5-4-7(10(14)13-3)9(12)8(11)6(5)2/h4H,12H2,1-3H3,(H,13,14). The molecule has 0 aliphatic heterocycles. The van der Waals surface area contributed by atoms with Crippen molar-refractivity contribution in [2.75, 3.05) is 12.8 Å². The molecule has 0 unspecified atom stereocenters. The molecular formula is C10H13BrN2O. The first kappa shape index (κ1) is 11.0. The van der Waals surface area contributed by atoms with E-state index in [-0.39, 0.29) is 5.91 Å². The van der Waals surface area contributed by atoms with Crippen molar-refractivity contribution in [1.82, 2.24) is 5.32 Å². The summed E-state index contributed by atoms with van der Waals surface area (Å²) in [6.07, 6.45) is 0. The van der Waals surface area contributed by atoms with Crippen LogP contribution in [0.3, 0.4) is 0 Å². The zero-order valence-electron chi connectivity index (χ0n) is 8.44. The summed E-state index contributed by atoms with van der Waals surface area (Å²) < 4.78 is 0.802. The number of amides is 1. The maximum Gasteiger partial charge on any atom is 0.253 e. The maximum atomic E-state index is 11.4. The van der Waals surface area contributed by atoms with Crippen LogP contribution in [0.25, 0.3) is 0 Å². The van der Waals surface area contributed by atoms with Crippen molar-refractivity contribution in [2.24, 2.45) is 0 Å². The van der Waals surface area contributed by atoms with E-state index in [0.717, 1.165) is 15.6 Å². The Labute approximate surface area is 91.8 Å². The number of nitrogens with two attached hydrogens (primary N) is 1. The zero-order chi connectivity index (χ0) is 10.9. The van der Waals surface area contributed by atoms with Crippen LogP contribution in [0.15, 0.2) is 10.5 Å². The molecule has 1 amide bonds. The topological polar surface area (TPSA) is 55.1 Å². The van der Waals surface area contributed by atoms with Gasteiger partial charge in [0, 0.05) is 11.5 Å². The number of carbonyl (C=O) groups is 1. The fourth-order valence-electron chi connectivity index (χ4n) is 1.22. The van der Waals surface area contributed by atoms with Crippen molar-refractivity contribution in [2.45, 2.75) is 13.8 Å². The number of nitrogens with one attached hydrogen (secondary N) is 1. The summed E-state index contributed by atoms with van der Waals surface area (Å²) in [5.74, 6) is -0.161. The fraction of sp³-hybridized carbons (Fsp3) is 0.300. The van der Waals surface area contributed by atoms with Crippen LogP contribution in [0.1, 0.15) is 21.5 Å². The van der Waals surface area contributed by atoms with E-state index in [1.54, 1.807) is 13.1 Å². The lowest BCUT2D eigenvalue weighted by atomic mass is 10.0. The number of carbonyl (C=O) groups excluding carboxylic acids is 1. The maximum absolute atomic E-state index is 11.4. The van der Waals surface area contributed by atoms with Gasteiger partial charge in [0.05, 0.1) is 11.3 Å². The van der Waals surface area contributed by atoms with Crippen LogP contribution >= 0.6 is 15.9 Å². The summed E-state index contributed by atoms with van der Waals surface area (Å²) >= 11 is 3.37. The number of anilines is 1. The summed E-state index contributed by atoms with van der Waals surface area (Å²) in [6, 6.07) is 1.80. The lowest BCUT2D eigenvalue weighted by molar-refractivity contribution is 0.0964. The minimum atomic E-state index is -0.161. The molecule has 0 spiro atoms. The Morgan fingerprint density at radius 1 is 1.50 bits per heavy atom. The molecule has 0 atom stereocenters. The zero-order valence-corrected chi connectivity index (χ0v) is 10.0. The largest absolute Gasteiger partial charge is 0.397 e. The molecule has 0 aromatic heterocycles. The molecule has 4 heteroatoms. The van der Waals surface area contributed by atoms with E-state index in [0.29, 0.717) is 11.3 Å². The van der Waals surface area contributed by atoms with Gasteiger partial charge >= 0.3 is 0 Å². The lowest BCUT2D eigenvalue weighted by Crippen LogP contribution is -2.20. The second-order valence-corrected chi connectivity index (χ2v) is 3.97. The van der Waals surface area contributed by atoms with Gasteiger partial charge in [0.1, 0.15) is 0 Å². The molecule has 1 aromatic rings. The number of hydrogen-bond donors (Lipinski definition) is 2. The van der Waals surface area contributed by atoms with Crippen molar-refractivity contribution in [1.29, 1.82) is 0 Å². The number of aryl methyl sites for hydroxylation is 1. The average molecular weight is 257 g/mol. The highest BCUT2D eigenvalue weighted by Gasteiger charge is 2.13. The van der Waals surface area contributed by atoms with Gasteiger partial charge in [0.2, 0.25) is 0 Å². The molecule has 0 radical (unpaired) electrons. The second kappa shape index (κ2) is 4.00. The Morgan fingerprint density at radius 3 is 2.57 bits per heavy atom. The fourth-order valence-corrected chi connectivity index (χ4v) is 1.74. The van der Waals surface area contributed by atoms with Crippen molar-refractivity contribution in [3.63, 3.8) is 0 Å². The van der Waals surface area contributed by atoms with Gasteiger partial charge in [-0.1, -0.05) is 0 Å². The molecule has 0 aliphatic carbocycles. The SMILES string of the molecule is CNC(=O)c1cc(C)c(C)c(Br)c1N. The van der Waals surface area contributed by atoms with Crippen LogP contribution in [-0.4, -0.2) is 13.0 Å². The number of hydrogen-bond acceptors (Lipinski definition) is 2. The van der Waals surface area contributed by atoms with Crippen LogP contribution in [0, 0.1) is 13.8 Å². The first-order chi connectivity index (χ1) is 6.49. The van der Waals surface area contributed by atoms with Gasteiger partial charge in [0.15, 0.2) is 0 Å². The third kappa shape index (κ3) is 1.75. The predicted octanol–water partition coefficient (Wildman–Crippen LogP) is 2.01. The molecule has 3 N–H and O–H groups in total. The molecule has 0 bridgehead atoms. The average Bonchev–Trinajstić information content (AvgIpc) is 2.19. The predicted molar refractivity (Wildman–Crippen MR) is 61.4 cm³/mol. The molecule has 3 nitrogen and oxygen atoms in total. The monoisotopic (exact) mass is 256 g/mol. The quantitative estimate of drug-likeness (QED) is 0.756. The number of nitrogen functional groups attached to an aromatic ring is 1. The molecule has 0 fully saturated rings. The van der Waals surface area contributed by atoms with E-state index < -0.39 is 0 Å². The number of rotatable bonds is 1. The van der Waals surface area contributed by atoms with Gasteiger partial charge in [-0.05, 0) is 47.0 Å². The first-order valence-electron chi connectivity index (χ1n) is 4.26. The van der Waals surface area contributed by atoms with Crippen molar-refractivity contribution in [3.8, 4) is 0 Å². The summed E-state index contributed by atoms with van der Waals surface area (Å²) in [4.78, 5) is 11.4. The molecule has 0 heterocycles. The summed E-state index contributed by atoms with van der Waals surface area (Å²) in [5.41, 5.74) is 8.94. The van der Waals surface area contributed by atoms with Gasteiger partial charge in [-0.25, -0.2) is 0 Å². The molecule has 76 valence electrons. The lowest BCUT2D eigenvalue weighted by Gasteiger charge is -2.11. The Bertz CT molecular complexity index is 388. The second-order valence-electron chi connectivity index (χ2n) is 3.17. The summed E-state index contributed by atoms with van der Waals surface area (Å²) in [5, 5.41) is 2.56. The molecule has 0 aliphatic rings. The van der Waals surface area contributed by atoms with Gasteiger partial charge in [-0.15, -0.1) is 0 Å². The Balaban J connectivity index is 3.40. The minimum Gasteiger partial charge on any atom is -0.397 e. The molecule has 0 saturated carbocycles. The van der Waals surface area contributed by atoms with Gasteiger partial charge in [-0.3, -0.25) is 4.79 Å². The molecule has 14 heavy (non-hydrogen) atoms. The minimum absolute atomic E-state index is 0.161. The first-order valence-corrected chi connectivity index (χ1v) is 5.05. The number of benzene rings is 1. The van der Waals surface area contributed by atoms with Crippen LogP contribution in [0.4, 0.5) is 5.69 Å². The normalized spacial score (nSPS) is 10.0. The van der Waals surface area contributed by atoms with E-state index in [1.807, 2.05) is 13.8 Å². The molecule has 1 aromatic carbocycles. The third-order valence-electron chi connectivity index (χ3n) is 2.28. The van der Waals surface area contributed by atoms with Crippen LogP contribution in [0.2, 0.25) is 0 Å². The van der Waals surface area contributed by atoms with Crippen LogP contribution in [0.5, 0.6) is 0 Å². The Hall–Kier alpha value is -1.03. The van der Waals surface area contributed by atoms with Crippen molar-refractivity contribution >= 4 is 27.5 Å². The molecular weight excluding hydrogens is 244 g/mol. The smallest absolute Gasteiger partial charge is 0.253 e.